The molecule has 11 atom stereocenters. The van der Waals surface area contributed by atoms with Crippen molar-refractivity contribution in [2.24, 2.45) is 11.3 Å². The van der Waals surface area contributed by atoms with Gasteiger partial charge in [-0.15, -0.1) is 0 Å². The number of rotatable bonds is 2. The Morgan fingerprint density at radius 1 is 1.12 bits per heavy atom. The average molecular weight is 455 g/mol. The minimum absolute atomic E-state index is 0.0542. The van der Waals surface area contributed by atoms with Gasteiger partial charge >= 0.3 is 0 Å². The number of aliphatic hydroxyl groups is 2. The van der Waals surface area contributed by atoms with Gasteiger partial charge in [0.05, 0.1) is 18.3 Å². The number of fused-ring (bicyclic) bond motifs is 5. The fourth-order valence-electron chi connectivity index (χ4n) is 8.81. The Bertz CT molecular complexity index is 1010. The molecule has 0 aromatic heterocycles. The van der Waals surface area contributed by atoms with E-state index in [-0.39, 0.29) is 34.7 Å². The first-order chi connectivity index (χ1) is 15.6. The fraction of sp³-hybridized carbons (Fsp3) is 0.786. The van der Waals surface area contributed by atoms with Gasteiger partial charge in [-0.25, -0.2) is 0 Å². The summed E-state index contributed by atoms with van der Waals surface area (Å²) in [6.45, 7) is 8.58. The lowest BCUT2D eigenvalue weighted by molar-refractivity contribution is -0.187. The van der Waals surface area contributed by atoms with Crippen LogP contribution in [0.1, 0.15) is 94.7 Å². The van der Waals surface area contributed by atoms with Crippen molar-refractivity contribution in [3.8, 4) is 0 Å². The van der Waals surface area contributed by atoms with E-state index in [2.05, 4.69) is 39.0 Å². The summed E-state index contributed by atoms with van der Waals surface area (Å²) >= 11 is 0. The van der Waals surface area contributed by atoms with E-state index in [9.17, 15) is 10.2 Å². The summed E-state index contributed by atoms with van der Waals surface area (Å²) < 4.78 is 18.4. The van der Waals surface area contributed by atoms with Gasteiger partial charge in [-0.3, -0.25) is 0 Å². The quantitative estimate of drug-likeness (QED) is 0.656. The number of hydrogen-bond acceptors (Lipinski definition) is 5. The molecule has 0 amide bonds. The number of benzene rings is 1. The van der Waals surface area contributed by atoms with E-state index >= 15 is 0 Å². The number of epoxide rings is 2. The molecule has 2 saturated carbocycles. The molecule has 1 aromatic rings. The molecule has 1 aromatic carbocycles. The van der Waals surface area contributed by atoms with E-state index in [1.54, 1.807) is 0 Å². The minimum atomic E-state index is -0.870. The highest BCUT2D eigenvalue weighted by atomic mass is 16.7. The summed E-state index contributed by atoms with van der Waals surface area (Å²) in [5, 5.41) is 21.7. The highest BCUT2D eigenvalue weighted by Crippen LogP contribution is 2.71. The monoisotopic (exact) mass is 454 g/mol. The summed E-state index contributed by atoms with van der Waals surface area (Å²) in [7, 11) is 0. The molecule has 33 heavy (non-hydrogen) atoms. The molecule has 11 unspecified atom stereocenters. The largest absolute Gasteiger partial charge is 0.392 e. The summed E-state index contributed by atoms with van der Waals surface area (Å²) in [6, 6.07) is 7.02. The summed E-state index contributed by atoms with van der Waals surface area (Å²) in [4.78, 5) is 0. The summed E-state index contributed by atoms with van der Waals surface area (Å²) in [5.74, 6) is 1.16. The predicted octanol–water partition coefficient (Wildman–Crippen LogP) is 4.18. The van der Waals surface area contributed by atoms with E-state index in [1.807, 2.05) is 6.92 Å². The van der Waals surface area contributed by atoms with Gasteiger partial charge in [0.25, 0.3) is 0 Å². The molecule has 2 N–H and O–H groups in total. The van der Waals surface area contributed by atoms with E-state index in [1.165, 1.54) is 16.7 Å². The van der Waals surface area contributed by atoms with Crippen LogP contribution in [0.25, 0.3) is 0 Å². The van der Waals surface area contributed by atoms with Gasteiger partial charge in [0.1, 0.15) is 16.8 Å². The third-order valence-corrected chi connectivity index (χ3v) is 11.4. The Kier molecular flexibility index (Phi) is 4.14. The lowest BCUT2D eigenvalue weighted by Gasteiger charge is -2.55. The lowest BCUT2D eigenvalue weighted by atomic mass is 9.48. The molecular weight excluding hydrogens is 416 g/mol. The van der Waals surface area contributed by atoms with Gasteiger partial charge in [0.2, 0.25) is 0 Å². The molecule has 3 aliphatic carbocycles. The fourth-order valence-corrected chi connectivity index (χ4v) is 8.81. The zero-order chi connectivity index (χ0) is 23.0. The first-order valence-corrected chi connectivity index (χ1v) is 13.2. The van der Waals surface area contributed by atoms with Gasteiger partial charge in [-0.2, -0.15) is 0 Å². The van der Waals surface area contributed by atoms with Crippen LogP contribution in [-0.2, 0) is 20.6 Å². The van der Waals surface area contributed by atoms with Crippen LogP contribution in [0.2, 0.25) is 0 Å². The third kappa shape index (κ3) is 2.51. The van der Waals surface area contributed by atoms with Crippen LogP contribution in [0, 0.1) is 11.3 Å². The number of aliphatic hydroxyl groups excluding tert-OH is 2. The van der Waals surface area contributed by atoms with Crippen molar-refractivity contribution in [3.63, 3.8) is 0 Å². The van der Waals surface area contributed by atoms with Crippen LogP contribution in [0.3, 0.4) is 0 Å². The van der Waals surface area contributed by atoms with Gasteiger partial charge in [0, 0.05) is 17.8 Å². The smallest absolute Gasteiger partial charge is 0.186 e. The van der Waals surface area contributed by atoms with Crippen LogP contribution in [0.4, 0.5) is 0 Å². The van der Waals surface area contributed by atoms with Gasteiger partial charge in [-0.1, -0.05) is 32.0 Å². The van der Waals surface area contributed by atoms with Crippen molar-refractivity contribution in [2.45, 2.75) is 126 Å². The van der Waals surface area contributed by atoms with Gasteiger partial charge < -0.3 is 24.4 Å². The topological polar surface area (TPSA) is 74.8 Å². The molecule has 0 radical (unpaired) electrons. The Hall–Kier alpha value is -0.980. The zero-order valence-corrected chi connectivity index (χ0v) is 20.3. The van der Waals surface area contributed by atoms with Crippen molar-refractivity contribution in [2.75, 3.05) is 0 Å². The summed E-state index contributed by atoms with van der Waals surface area (Å²) in [5.41, 5.74) is 3.18. The second kappa shape index (κ2) is 6.41. The number of aryl methyl sites for hydroxylation is 1. The molecule has 6 aliphatic rings. The Balaban J connectivity index is 1.17. The van der Waals surface area contributed by atoms with E-state index in [4.69, 9.17) is 14.2 Å². The molecule has 3 aliphatic heterocycles. The highest BCUT2D eigenvalue weighted by Gasteiger charge is 2.76. The maximum absolute atomic E-state index is 11.2. The van der Waals surface area contributed by atoms with Crippen molar-refractivity contribution in [1.82, 2.24) is 0 Å². The van der Waals surface area contributed by atoms with E-state index in [0.717, 1.165) is 44.9 Å². The number of ether oxygens (including phenoxy) is 3. The molecule has 5 fully saturated rings. The molecule has 180 valence electrons. The van der Waals surface area contributed by atoms with Crippen LogP contribution >= 0.6 is 0 Å². The molecule has 0 bridgehead atoms. The van der Waals surface area contributed by atoms with Crippen LogP contribution in [0.15, 0.2) is 18.2 Å². The van der Waals surface area contributed by atoms with Crippen LogP contribution < -0.4 is 0 Å². The maximum Gasteiger partial charge on any atom is 0.186 e. The molecule has 3 heterocycles. The molecule has 7 rings (SSSR count). The molecule has 3 saturated heterocycles. The van der Waals surface area contributed by atoms with Crippen LogP contribution in [-0.4, -0.2) is 51.6 Å². The van der Waals surface area contributed by atoms with Crippen LogP contribution in [0.5, 0.6) is 0 Å². The molecule has 5 nitrogen and oxygen atoms in total. The Labute approximate surface area is 196 Å². The SMILES string of the molecule is CC(c1ccc2c(c1)CCC1C2CC2OC23CCCC(O)C13C)C1CC2(C)OC2(C)C(O)O1. The Morgan fingerprint density at radius 2 is 1.94 bits per heavy atom. The van der Waals surface area contributed by atoms with Gasteiger partial charge in [-0.05, 0) is 80.9 Å². The van der Waals surface area contributed by atoms with Crippen molar-refractivity contribution >= 4 is 0 Å². The molecular formula is C28H38O5. The third-order valence-electron chi connectivity index (χ3n) is 11.4. The zero-order valence-electron chi connectivity index (χ0n) is 20.3. The first kappa shape index (κ1) is 21.3. The second-order valence-corrected chi connectivity index (χ2v) is 12.6. The maximum atomic E-state index is 11.2. The summed E-state index contributed by atoms with van der Waals surface area (Å²) in [6.07, 6.45) is 6.35. The van der Waals surface area contributed by atoms with Crippen molar-refractivity contribution in [1.29, 1.82) is 0 Å². The van der Waals surface area contributed by atoms with E-state index in [0.29, 0.717) is 17.9 Å². The van der Waals surface area contributed by atoms with Crippen molar-refractivity contribution < 1.29 is 24.4 Å². The molecule has 5 heteroatoms. The van der Waals surface area contributed by atoms with E-state index < -0.39 is 11.9 Å². The first-order valence-electron chi connectivity index (χ1n) is 13.2. The minimum Gasteiger partial charge on any atom is -0.392 e. The van der Waals surface area contributed by atoms with Gasteiger partial charge in [0.15, 0.2) is 6.29 Å². The normalized spacial score (nSPS) is 54.7. The average Bonchev–Trinajstić information content (AvgIpc) is 3.64. The highest BCUT2D eigenvalue weighted by molar-refractivity contribution is 5.42. The predicted molar refractivity (Wildman–Crippen MR) is 123 cm³/mol. The lowest BCUT2D eigenvalue weighted by Crippen LogP contribution is -2.59. The number of hydrogen-bond donors (Lipinski definition) is 2. The second-order valence-electron chi connectivity index (χ2n) is 12.6. The Morgan fingerprint density at radius 3 is 2.73 bits per heavy atom. The van der Waals surface area contributed by atoms with Crippen molar-refractivity contribution in [3.05, 3.63) is 34.9 Å². The standard InChI is InChI=1S/C28H38O5/c1-15(21-14-25(2)27(4,33-25)24(30)31-21)16-7-9-18-17(12-16)8-10-20-19(18)13-23-28(32-23)11-5-6-22(29)26(20,28)3/h7,9,12,15,19-24,29-30H,5-6,8,10-11,13-14H2,1-4H3. The molecule has 1 spiro atoms.